The molecular weight excluding hydrogens is 281 g/mol. The number of hydrogen-bond acceptors (Lipinski definition) is 1. The van der Waals surface area contributed by atoms with Gasteiger partial charge in [0.15, 0.2) is 0 Å². The summed E-state index contributed by atoms with van der Waals surface area (Å²) in [6, 6.07) is 5.25. The van der Waals surface area contributed by atoms with Crippen LogP contribution in [0.4, 0.5) is 13.2 Å². The van der Waals surface area contributed by atoms with Gasteiger partial charge in [0.25, 0.3) is 0 Å². The Morgan fingerprint density at radius 1 is 1.10 bits per heavy atom. The average Bonchev–Trinajstić information content (AvgIpc) is 2.33. The highest BCUT2D eigenvalue weighted by molar-refractivity contribution is 5.66. The lowest BCUT2D eigenvalue weighted by atomic mass is 9.81. The Labute approximate surface area is 123 Å². The van der Waals surface area contributed by atoms with Crippen molar-refractivity contribution in [2.45, 2.75) is 52.1 Å². The number of carboxylic acids is 1. The fourth-order valence-electron chi connectivity index (χ4n) is 2.33. The Morgan fingerprint density at radius 3 is 2.14 bits per heavy atom. The molecule has 21 heavy (non-hydrogen) atoms. The molecule has 0 aromatic heterocycles. The minimum absolute atomic E-state index is 0.0573. The molecule has 118 valence electrons. The Bertz CT molecular complexity index is 461. The number of carboxylic acid groups (broad SMARTS) is 1. The van der Waals surface area contributed by atoms with Crippen LogP contribution in [0.2, 0.25) is 0 Å². The van der Waals surface area contributed by atoms with Crippen LogP contribution in [0.3, 0.4) is 0 Å². The fourth-order valence-corrected chi connectivity index (χ4v) is 2.33. The van der Waals surface area contributed by atoms with Crippen LogP contribution in [0, 0.1) is 5.41 Å². The third kappa shape index (κ3) is 6.65. The topological polar surface area (TPSA) is 37.3 Å². The van der Waals surface area contributed by atoms with Gasteiger partial charge in [0, 0.05) is 6.42 Å². The van der Waals surface area contributed by atoms with E-state index in [0.717, 1.165) is 30.5 Å². The lowest BCUT2D eigenvalue weighted by Gasteiger charge is -2.25. The van der Waals surface area contributed by atoms with Crippen molar-refractivity contribution in [1.29, 1.82) is 0 Å². The van der Waals surface area contributed by atoms with Crippen molar-refractivity contribution in [3.05, 3.63) is 35.4 Å². The van der Waals surface area contributed by atoms with Gasteiger partial charge >= 0.3 is 12.1 Å². The van der Waals surface area contributed by atoms with E-state index in [2.05, 4.69) is 0 Å². The Morgan fingerprint density at radius 2 is 1.67 bits per heavy atom. The molecule has 1 aromatic rings. The maximum Gasteiger partial charge on any atom is 0.416 e. The van der Waals surface area contributed by atoms with Gasteiger partial charge in [-0.25, -0.2) is 0 Å². The molecule has 0 unspecified atom stereocenters. The molecule has 0 aliphatic rings. The maximum atomic E-state index is 12.5. The third-order valence-corrected chi connectivity index (χ3v) is 3.46. The molecule has 2 nitrogen and oxygen atoms in total. The number of hydrogen-bond donors (Lipinski definition) is 1. The first-order valence-corrected chi connectivity index (χ1v) is 6.98. The number of rotatable bonds is 7. The van der Waals surface area contributed by atoms with Crippen LogP contribution in [0.25, 0.3) is 0 Å². The number of unbranched alkanes of at least 4 members (excludes halogenated alkanes) is 1. The van der Waals surface area contributed by atoms with Gasteiger partial charge in [-0.15, -0.1) is 0 Å². The number of aliphatic carboxylic acids is 1. The first kappa shape index (κ1) is 17.5. The van der Waals surface area contributed by atoms with E-state index in [1.807, 2.05) is 13.8 Å². The summed E-state index contributed by atoms with van der Waals surface area (Å²) in [7, 11) is 0. The molecule has 0 spiro atoms. The molecule has 5 heteroatoms. The zero-order valence-electron chi connectivity index (χ0n) is 12.3. The molecule has 0 amide bonds. The number of benzene rings is 1. The van der Waals surface area contributed by atoms with Crippen LogP contribution in [-0.2, 0) is 17.4 Å². The number of halogens is 3. The fraction of sp³-hybridized carbons (Fsp3) is 0.562. The largest absolute Gasteiger partial charge is 0.481 e. The van der Waals surface area contributed by atoms with Gasteiger partial charge in [-0.2, -0.15) is 13.2 Å². The number of alkyl halides is 3. The maximum absolute atomic E-state index is 12.5. The second kappa shape index (κ2) is 6.96. The van der Waals surface area contributed by atoms with Gasteiger partial charge in [-0.1, -0.05) is 32.4 Å². The highest BCUT2D eigenvalue weighted by Crippen LogP contribution is 2.32. The normalized spacial score (nSPS) is 12.4. The van der Waals surface area contributed by atoms with Gasteiger partial charge in [0.1, 0.15) is 0 Å². The van der Waals surface area contributed by atoms with Crippen molar-refractivity contribution >= 4 is 5.97 Å². The van der Waals surface area contributed by atoms with Crippen LogP contribution in [-0.4, -0.2) is 11.1 Å². The van der Waals surface area contributed by atoms with Crippen molar-refractivity contribution in [3.63, 3.8) is 0 Å². The summed E-state index contributed by atoms with van der Waals surface area (Å²) in [5, 5.41) is 8.58. The Balaban J connectivity index is 2.52. The summed E-state index contributed by atoms with van der Waals surface area (Å²) >= 11 is 0. The van der Waals surface area contributed by atoms with E-state index in [-0.39, 0.29) is 11.8 Å². The minimum atomic E-state index is -4.30. The molecular formula is C16H21F3O2. The van der Waals surface area contributed by atoms with E-state index in [1.54, 1.807) is 0 Å². The van der Waals surface area contributed by atoms with Crippen LogP contribution in [0.1, 0.15) is 50.7 Å². The standard InChI is InChI=1S/C16H21F3O2/c1-15(2,10-4-3-5-14(20)21)11-12-6-8-13(9-7-12)16(17,18)19/h6-9H,3-5,10-11H2,1-2H3,(H,20,21). The molecule has 0 radical (unpaired) electrons. The summed E-state index contributed by atoms with van der Waals surface area (Å²) in [6.07, 6.45) is -1.17. The second-order valence-corrected chi connectivity index (χ2v) is 6.14. The predicted octanol–water partition coefficient (Wildman–Crippen LogP) is 4.92. The first-order chi connectivity index (χ1) is 9.60. The molecule has 1 rings (SSSR count). The van der Waals surface area contributed by atoms with E-state index in [9.17, 15) is 18.0 Å². The first-order valence-electron chi connectivity index (χ1n) is 6.98. The molecule has 0 aliphatic carbocycles. The van der Waals surface area contributed by atoms with E-state index in [0.29, 0.717) is 12.8 Å². The summed E-state index contributed by atoms with van der Waals surface area (Å²) in [5.74, 6) is -0.796. The minimum Gasteiger partial charge on any atom is -0.481 e. The molecule has 1 N–H and O–H groups in total. The monoisotopic (exact) mass is 302 g/mol. The van der Waals surface area contributed by atoms with Gasteiger partial charge in [-0.3, -0.25) is 4.79 Å². The zero-order chi connectivity index (χ0) is 16.1. The smallest absolute Gasteiger partial charge is 0.416 e. The zero-order valence-corrected chi connectivity index (χ0v) is 12.3. The summed E-state index contributed by atoms with van der Waals surface area (Å²) in [4.78, 5) is 10.4. The summed E-state index contributed by atoms with van der Waals surface area (Å²) in [5.41, 5.74) is 0.176. The van der Waals surface area contributed by atoms with Gasteiger partial charge in [0.2, 0.25) is 0 Å². The quantitative estimate of drug-likeness (QED) is 0.726. The van der Waals surface area contributed by atoms with Crippen molar-refractivity contribution in [2.24, 2.45) is 5.41 Å². The highest BCUT2D eigenvalue weighted by atomic mass is 19.4. The van der Waals surface area contributed by atoms with Crippen LogP contribution in [0.15, 0.2) is 24.3 Å². The molecule has 1 aromatic carbocycles. The Kier molecular flexibility index (Phi) is 5.81. The van der Waals surface area contributed by atoms with E-state index in [1.165, 1.54) is 12.1 Å². The molecule has 0 fully saturated rings. The SMILES string of the molecule is CC(C)(CCCCC(=O)O)Cc1ccc(C(F)(F)F)cc1. The molecule has 0 bridgehead atoms. The molecule has 0 atom stereocenters. The third-order valence-electron chi connectivity index (χ3n) is 3.46. The van der Waals surface area contributed by atoms with Gasteiger partial charge in [0.05, 0.1) is 5.56 Å². The number of carbonyl (C=O) groups is 1. The van der Waals surface area contributed by atoms with Gasteiger partial charge < -0.3 is 5.11 Å². The van der Waals surface area contributed by atoms with Crippen LogP contribution in [0.5, 0.6) is 0 Å². The van der Waals surface area contributed by atoms with E-state index in [4.69, 9.17) is 5.11 Å². The van der Waals surface area contributed by atoms with Crippen molar-refractivity contribution in [3.8, 4) is 0 Å². The van der Waals surface area contributed by atoms with Crippen LogP contribution >= 0.6 is 0 Å². The predicted molar refractivity (Wildman–Crippen MR) is 75.0 cm³/mol. The van der Waals surface area contributed by atoms with Gasteiger partial charge in [-0.05, 0) is 42.4 Å². The van der Waals surface area contributed by atoms with E-state index >= 15 is 0 Å². The molecule has 0 saturated carbocycles. The summed E-state index contributed by atoms with van der Waals surface area (Å²) in [6.45, 7) is 4.09. The Hall–Kier alpha value is -1.52. The second-order valence-electron chi connectivity index (χ2n) is 6.14. The average molecular weight is 302 g/mol. The molecule has 0 aliphatic heterocycles. The van der Waals surface area contributed by atoms with E-state index < -0.39 is 17.7 Å². The molecule has 0 saturated heterocycles. The van der Waals surface area contributed by atoms with Crippen molar-refractivity contribution in [1.82, 2.24) is 0 Å². The lowest BCUT2D eigenvalue weighted by molar-refractivity contribution is -0.138. The van der Waals surface area contributed by atoms with Crippen molar-refractivity contribution < 1.29 is 23.1 Å². The highest BCUT2D eigenvalue weighted by Gasteiger charge is 2.30. The van der Waals surface area contributed by atoms with Crippen molar-refractivity contribution in [2.75, 3.05) is 0 Å². The lowest BCUT2D eigenvalue weighted by Crippen LogP contribution is -2.15. The molecule has 0 heterocycles. The summed E-state index contributed by atoms with van der Waals surface area (Å²) < 4.78 is 37.4. The van der Waals surface area contributed by atoms with Crippen LogP contribution < -0.4 is 0 Å².